The molecule has 1 aromatic carbocycles. The van der Waals surface area contributed by atoms with Crippen molar-refractivity contribution in [2.24, 2.45) is 11.8 Å². The van der Waals surface area contributed by atoms with Crippen LogP contribution < -0.4 is 10.2 Å². The minimum absolute atomic E-state index is 0.136. The zero-order chi connectivity index (χ0) is 14.5. The maximum absolute atomic E-state index is 13.2. The quantitative estimate of drug-likeness (QED) is 0.835. The van der Waals surface area contributed by atoms with Crippen molar-refractivity contribution in [1.29, 1.82) is 0 Å². The molecule has 0 amide bonds. The standard InChI is InChI=1S/C14H16BrF3N2/c1-8-11-6-19-5-9(11)7-20(8)13-3-2-10(15)4-12(13)14(16,17)18/h2-4,8-9,11,19H,5-7H2,1H3. The average Bonchev–Trinajstić information content (AvgIpc) is 2.92. The van der Waals surface area contributed by atoms with Crippen LogP contribution in [0.4, 0.5) is 18.9 Å². The van der Waals surface area contributed by atoms with Crippen LogP contribution in [0.15, 0.2) is 22.7 Å². The van der Waals surface area contributed by atoms with Gasteiger partial charge in [0.1, 0.15) is 0 Å². The highest BCUT2D eigenvalue weighted by molar-refractivity contribution is 9.10. The van der Waals surface area contributed by atoms with E-state index < -0.39 is 11.7 Å². The summed E-state index contributed by atoms with van der Waals surface area (Å²) in [4.78, 5) is 1.92. The van der Waals surface area contributed by atoms with Crippen molar-refractivity contribution < 1.29 is 13.2 Å². The zero-order valence-electron chi connectivity index (χ0n) is 11.0. The van der Waals surface area contributed by atoms with Crippen LogP contribution in [-0.2, 0) is 6.18 Å². The van der Waals surface area contributed by atoms with E-state index in [9.17, 15) is 13.2 Å². The summed E-state index contributed by atoms with van der Waals surface area (Å²) in [6.07, 6.45) is -4.32. The van der Waals surface area contributed by atoms with Gasteiger partial charge in [0.25, 0.3) is 0 Å². The summed E-state index contributed by atoms with van der Waals surface area (Å²) in [6, 6.07) is 4.58. The van der Waals surface area contributed by atoms with Crippen LogP contribution in [-0.4, -0.2) is 25.7 Å². The Bertz CT molecular complexity index is 518. The third-order valence-electron chi connectivity index (χ3n) is 4.51. The zero-order valence-corrected chi connectivity index (χ0v) is 12.6. The van der Waals surface area contributed by atoms with Gasteiger partial charge in [0.15, 0.2) is 0 Å². The smallest absolute Gasteiger partial charge is 0.368 e. The molecule has 2 nitrogen and oxygen atoms in total. The Morgan fingerprint density at radius 3 is 2.70 bits per heavy atom. The Labute approximate surface area is 124 Å². The highest BCUT2D eigenvalue weighted by atomic mass is 79.9. The van der Waals surface area contributed by atoms with Crippen LogP contribution in [0, 0.1) is 11.8 Å². The first-order chi connectivity index (χ1) is 9.38. The van der Waals surface area contributed by atoms with E-state index in [0.29, 0.717) is 28.5 Å². The van der Waals surface area contributed by atoms with Crippen molar-refractivity contribution in [2.75, 3.05) is 24.5 Å². The van der Waals surface area contributed by atoms with Crippen molar-refractivity contribution in [2.45, 2.75) is 19.1 Å². The number of nitrogens with zero attached hydrogens (tertiary/aromatic N) is 1. The summed E-state index contributed by atoms with van der Waals surface area (Å²) >= 11 is 3.13. The first-order valence-electron chi connectivity index (χ1n) is 6.72. The van der Waals surface area contributed by atoms with Crippen LogP contribution in [0.3, 0.4) is 0 Å². The Balaban J connectivity index is 1.99. The van der Waals surface area contributed by atoms with E-state index in [2.05, 4.69) is 21.2 Å². The first-order valence-corrected chi connectivity index (χ1v) is 7.51. The predicted octanol–water partition coefficient (Wildman–Crippen LogP) is 3.51. The number of rotatable bonds is 1. The number of nitrogens with one attached hydrogen (secondary N) is 1. The number of fused-ring (bicyclic) bond motifs is 1. The molecule has 1 aromatic rings. The number of anilines is 1. The lowest BCUT2D eigenvalue weighted by Crippen LogP contribution is -2.34. The Hall–Kier alpha value is -0.750. The Kier molecular flexibility index (Phi) is 3.49. The van der Waals surface area contributed by atoms with Gasteiger partial charge in [-0.25, -0.2) is 0 Å². The number of alkyl halides is 3. The second kappa shape index (κ2) is 4.91. The predicted molar refractivity (Wildman–Crippen MR) is 75.8 cm³/mol. The molecule has 0 aliphatic carbocycles. The van der Waals surface area contributed by atoms with E-state index in [1.54, 1.807) is 12.1 Å². The molecule has 110 valence electrons. The third-order valence-corrected chi connectivity index (χ3v) is 5.00. The Morgan fingerprint density at radius 1 is 1.30 bits per heavy atom. The van der Waals surface area contributed by atoms with Gasteiger partial charge in [0.2, 0.25) is 0 Å². The monoisotopic (exact) mass is 348 g/mol. The van der Waals surface area contributed by atoms with Gasteiger partial charge in [-0.2, -0.15) is 13.2 Å². The fraction of sp³-hybridized carbons (Fsp3) is 0.571. The van der Waals surface area contributed by atoms with E-state index in [-0.39, 0.29) is 6.04 Å². The molecular formula is C14H16BrF3N2. The molecule has 0 bridgehead atoms. The summed E-state index contributed by atoms with van der Waals surface area (Å²) in [7, 11) is 0. The number of halogens is 4. The molecule has 3 unspecified atom stereocenters. The minimum Gasteiger partial charge on any atom is -0.368 e. The molecule has 3 atom stereocenters. The minimum atomic E-state index is -4.32. The second-order valence-electron chi connectivity index (χ2n) is 5.63. The maximum atomic E-state index is 13.2. The van der Waals surface area contributed by atoms with Gasteiger partial charge in [-0.1, -0.05) is 15.9 Å². The largest absolute Gasteiger partial charge is 0.418 e. The summed E-state index contributed by atoms with van der Waals surface area (Å²) in [6.45, 7) is 4.53. The van der Waals surface area contributed by atoms with Gasteiger partial charge >= 0.3 is 6.18 Å². The van der Waals surface area contributed by atoms with Crippen LogP contribution in [0.1, 0.15) is 12.5 Å². The fourth-order valence-corrected chi connectivity index (χ4v) is 3.83. The molecule has 6 heteroatoms. The molecule has 2 aliphatic heterocycles. The molecule has 1 N–H and O–H groups in total. The number of hydrogen-bond acceptors (Lipinski definition) is 2. The molecular weight excluding hydrogens is 333 g/mol. The lowest BCUT2D eigenvalue weighted by Gasteiger charge is -2.29. The molecule has 0 spiro atoms. The summed E-state index contributed by atoms with van der Waals surface area (Å²) in [5.41, 5.74) is -0.241. The average molecular weight is 349 g/mol. The normalized spacial score (nSPS) is 29.9. The SMILES string of the molecule is CC1C2CNCC2CN1c1ccc(Br)cc1C(F)(F)F. The van der Waals surface area contributed by atoms with Crippen LogP contribution >= 0.6 is 15.9 Å². The van der Waals surface area contributed by atoms with Gasteiger partial charge in [-0.3, -0.25) is 0 Å². The molecule has 0 saturated carbocycles. The lowest BCUT2D eigenvalue weighted by molar-refractivity contribution is -0.137. The molecule has 2 aliphatic rings. The molecule has 2 fully saturated rings. The summed E-state index contributed by atoms with van der Waals surface area (Å²) in [5.74, 6) is 0.898. The van der Waals surface area contributed by atoms with Crippen molar-refractivity contribution in [3.8, 4) is 0 Å². The summed E-state index contributed by atoms with van der Waals surface area (Å²) < 4.78 is 40.2. The summed E-state index contributed by atoms with van der Waals surface area (Å²) in [5, 5.41) is 3.32. The van der Waals surface area contributed by atoms with E-state index in [4.69, 9.17) is 0 Å². The van der Waals surface area contributed by atoms with Gasteiger partial charge in [0, 0.05) is 35.8 Å². The van der Waals surface area contributed by atoms with E-state index in [0.717, 1.165) is 13.1 Å². The highest BCUT2D eigenvalue weighted by Gasteiger charge is 2.44. The lowest BCUT2D eigenvalue weighted by atomic mass is 9.95. The third kappa shape index (κ3) is 2.33. The van der Waals surface area contributed by atoms with Crippen LogP contribution in [0.25, 0.3) is 0 Å². The molecule has 20 heavy (non-hydrogen) atoms. The van der Waals surface area contributed by atoms with Crippen molar-refractivity contribution in [3.63, 3.8) is 0 Å². The molecule has 0 aromatic heterocycles. The van der Waals surface area contributed by atoms with Crippen molar-refractivity contribution >= 4 is 21.6 Å². The van der Waals surface area contributed by atoms with Crippen LogP contribution in [0.2, 0.25) is 0 Å². The van der Waals surface area contributed by atoms with Gasteiger partial charge in [-0.05, 0) is 37.0 Å². The molecule has 2 heterocycles. The second-order valence-corrected chi connectivity index (χ2v) is 6.55. The van der Waals surface area contributed by atoms with Crippen LogP contribution in [0.5, 0.6) is 0 Å². The number of hydrogen-bond donors (Lipinski definition) is 1. The number of benzene rings is 1. The maximum Gasteiger partial charge on any atom is 0.418 e. The van der Waals surface area contributed by atoms with E-state index in [1.165, 1.54) is 6.07 Å². The molecule has 3 rings (SSSR count). The highest BCUT2D eigenvalue weighted by Crippen LogP contribution is 2.43. The van der Waals surface area contributed by atoms with Gasteiger partial charge in [0.05, 0.1) is 5.56 Å². The van der Waals surface area contributed by atoms with Crippen molar-refractivity contribution in [1.82, 2.24) is 5.32 Å². The topological polar surface area (TPSA) is 15.3 Å². The first kappa shape index (κ1) is 14.2. The van der Waals surface area contributed by atoms with E-state index >= 15 is 0 Å². The fourth-order valence-electron chi connectivity index (χ4n) is 3.47. The molecule has 0 radical (unpaired) electrons. The molecule has 2 saturated heterocycles. The Morgan fingerprint density at radius 2 is 2.05 bits per heavy atom. The van der Waals surface area contributed by atoms with Gasteiger partial charge < -0.3 is 10.2 Å². The van der Waals surface area contributed by atoms with Gasteiger partial charge in [-0.15, -0.1) is 0 Å². The van der Waals surface area contributed by atoms with E-state index in [1.807, 2.05) is 11.8 Å². The van der Waals surface area contributed by atoms with Crippen molar-refractivity contribution in [3.05, 3.63) is 28.2 Å².